The summed E-state index contributed by atoms with van der Waals surface area (Å²) in [4.78, 5) is 9.35. The Morgan fingerprint density at radius 3 is 2.63 bits per heavy atom. The Morgan fingerprint density at radius 1 is 1.32 bits per heavy atom. The van der Waals surface area contributed by atoms with Gasteiger partial charge < -0.3 is 4.90 Å². The molecule has 0 radical (unpaired) electrons. The number of aryl methyl sites for hydroxylation is 1. The SMILES string of the molecule is Cc1cc([C@@H]2CCCCN2C(C)C)cnc1N(C)C. The van der Waals surface area contributed by atoms with Crippen molar-refractivity contribution in [2.45, 2.75) is 52.1 Å². The first kappa shape index (κ1) is 14.3. The summed E-state index contributed by atoms with van der Waals surface area (Å²) in [5.74, 6) is 1.08. The van der Waals surface area contributed by atoms with E-state index in [4.69, 9.17) is 0 Å². The fourth-order valence-electron chi connectivity index (χ4n) is 3.17. The van der Waals surface area contributed by atoms with E-state index in [1.807, 2.05) is 0 Å². The maximum absolute atomic E-state index is 4.65. The highest BCUT2D eigenvalue weighted by molar-refractivity contribution is 5.46. The normalized spacial score (nSPS) is 20.8. The molecule has 19 heavy (non-hydrogen) atoms. The Labute approximate surface area is 117 Å². The van der Waals surface area contributed by atoms with Crippen LogP contribution in [0, 0.1) is 6.92 Å². The number of likely N-dealkylation sites (tertiary alicyclic amines) is 1. The van der Waals surface area contributed by atoms with E-state index in [0.717, 1.165) is 5.82 Å². The van der Waals surface area contributed by atoms with E-state index in [9.17, 15) is 0 Å². The molecule has 106 valence electrons. The van der Waals surface area contributed by atoms with E-state index in [2.05, 4.69) is 61.9 Å². The monoisotopic (exact) mass is 261 g/mol. The van der Waals surface area contributed by atoms with Crippen LogP contribution in [0.25, 0.3) is 0 Å². The minimum atomic E-state index is 0.552. The van der Waals surface area contributed by atoms with Crippen molar-refractivity contribution in [3.63, 3.8) is 0 Å². The molecule has 1 saturated heterocycles. The molecule has 0 saturated carbocycles. The molecule has 0 N–H and O–H groups in total. The minimum Gasteiger partial charge on any atom is -0.363 e. The van der Waals surface area contributed by atoms with Crippen molar-refractivity contribution in [2.75, 3.05) is 25.5 Å². The molecule has 3 nitrogen and oxygen atoms in total. The Kier molecular flexibility index (Phi) is 4.46. The Hall–Kier alpha value is -1.09. The number of nitrogens with zero attached hydrogens (tertiary/aromatic N) is 3. The van der Waals surface area contributed by atoms with Crippen LogP contribution < -0.4 is 4.90 Å². The second-order valence-corrected chi connectivity index (χ2v) is 6.15. The van der Waals surface area contributed by atoms with E-state index >= 15 is 0 Å². The highest BCUT2D eigenvalue weighted by Crippen LogP contribution is 2.33. The van der Waals surface area contributed by atoms with Gasteiger partial charge in [-0.25, -0.2) is 4.98 Å². The van der Waals surface area contributed by atoms with Gasteiger partial charge in [-0.05, 0) is 57.4 Å². The number of hydrogen-bond donors (Lipinski definition) is 0. The fourth-order valence-corrected chi connectivity index (χ4v) is 3.17. The zero-order chi connectivity index (χ0) is 14.0. The van der Waals surface area contributed by atoms with Crippen LogP contribution in [0.4, 0.5) is 5.82 Å². The molecule has 1 aromatic heterocycles. The third kappa shape index (κ3) is 3.08. The largest absolute Gasteiger partial charge is 0.363 e. The summed E-state index contributed by atoms with van der Waals surface area (Å²) >= 11 is 0. The van der Waals surface area contributed by atoms with E-state index in [0.29, 0.717) is 12.1 Å². The van der Waals surface area contributed by atoms with E-state index in [1.54, 1.807) is 0 Å². The molecule has 2 heterocycles. The minimum absolute atomic E-state index is 0.552. The molecule has 0 aromatic carbocycles. The number of rotatable bonds is 3. The molecule has 0 aliphatic carbocycles. The van der Waals surface area contributed by atoms with Gasteiger partial charge in [0.1, 0.15) is 5.82 Å². The summed E-state index contributed by atoms with van der Waals surface area (Å²) in [6.07, 6.45) is 6.01. The molecule has 1 fully saturated rings. The Bertz CT molecular complexity index is 426. The second kappa shape index (κ2) is 5.91. The van der Waals surface area contributed by atoms with Crippen molar-refractivity contribution in [1.82, 2.24) is 9.88 Å². The summed E-state index contributed by atoms with van der Waals surface area (Å²) in [5, 5.41) is 0. The number of anilines is 1. The number of aromatic nitrogens is 1. The molecule has 3 heteroatoms. The van der Waals surface area contributed by atoms with Crippen LogP contribution in [-0.4, -0.2) is 36.6 Å². The first-order chi connectivity index (χ1) is 9.00. The second-order valence-electron chi connectivity index (χ2n) is 6.15. The Morgan fingerprint density at radius 2 is 2.05 bits per heavy atom. The van der Waals surface area contributed by atoms with Gasteiger partial charge in [-0.1, -0.05) is 6.42 Å². The molecule has 0 amide bonds. The topological polar surface area (TPSA) is 19.4 Å². The van der Waals surface area contributed by atoms with Crippen LogP contribution in [0.1, 0.15) is 50.3 Å². The van der Waals surface area contributed by atoms with Gasteiger partial charge in [-0.15, -0.1) is 0 Å². The number of pyridine rings is 1. The number of hydrogen-bond acceptors (Lipinski definition) is 3. The quantitative estimate of drug-likeness (QED) is 0.831. The standard InChI is InChI=1S/C16H27N3/c1-12(2)19-9-7-6-8-15(19)14-10-13(3)16(17-11-14)18(4)5/h10-12,15H,6-9H2,1-5H3/t15-/m0/s1. The predicted octanol–water partition coefficient (Wildman–Crippen LogP) is 3.39. The molecule has 0 spiro atoms. The van der Waals surface area contributed by atoms with Crippen LogP contribution in [0.3, 0.4) is 0 Å². The first-order valence-electron chi connectivity index (χ1n) is 7.40. The predicted molar refractivity (Wildman–Crippen MR) is 81.7 cm³/mol. The van der Waals surface area contributed by atoms with Crippen molar-refractivity contribution in [2.24, 2.45) is 0 Å². The van der Waals surface area contributed by atoms with Gasteiger partial charge in [0.25, 0.3) is 0 Å². The van der Waals surface area contributed by atoms with Crippen LogP contribution in [0.5, 0.6) is 0 Å². The lowest BCUT2D eigenvalue weighted by atomic mass is 9.94. The summed E-state index contributed by atoms with van der Waals surface area (Å²) < 4.78 is 0. The molecule has 2 rings (SSSR count). The highest BCUT2D eigenvalue weighted by Gasteiger charge is 2.26. The molecule has 1 aliphatic rings. The van der Waals surface area contributed by atoms with Crippen molar-refractivity contribution in [1.29, 1.82) is 0 Å². The van der Waals surface area contributed by atoms with E-state index < -0.39 is 0 Å². The third-order valence-corrected chi connectivity index (χ3v) is 4.09. The summed E-state index contributed by atoms with van der Waals surface area (Å²) in [7, 11) is 4.10. The van der Waals surface area contributed by atoms with Gasteiger partial charge in [-0.2, -0.15) is 0 Å². The maximum atomic E-state index is 4.65. The molecule has 1 aliphatic heterocycles. The average molecular weight is 261 g/mol. The van der Waals surface area contributed by atoms with Gasteiger partial charge in [0.05, 0.1) is 0 Å². The van der Waals surface area contributed by atoms with E-state index in [-0.39, 0.29) is 0 Å². The van der Waals surface area contributed by atoms with Crippen molar-refractivity contribution < 1.29 is 0 Å². The molecular formula is C16H27N3. The third-order valence-electron chi connectivity index (χ3n) is 4.09. The van der Waals surface area contributed by atoms with Gasteiger partial charge in [-0.3, -0.25) is 4.90 Å². The van der Waals surface area contributed by atoms with Crippen LogP contribution in [-0.2, 0) is 0 Å². The summed E-state index contributed by atoms with van der Waals surface area (Å²) in [5.41, 5.74) is 2.66. The summed E-state index contributed by atoms with van der Waals surface area (Å²) in [6.45, 7) is 7.98. The zero-order valence-corrected chi connectivity index (χ0v) is 13.0. The first-order valence-corrected chi connectivity index (χ1v) is 7.40. The zero-order valence-electron chi connectivity index (χ0n) is 13.0. The molecular weight excluding hydrogens is 234 g/mol. The maximum Gasteiger partial charge on any atom is 0.130 e. The van der Waals surface area contributed by atoms with Crippen molar-refractivity contribution in [3.8, 4) is 0 Å². The van der Waals surface area contributed by atoms with Crippen LogP contribution >= 0.6 is 0 Å². The van der Waals surface area contributed by atoms with E-state index in [1.165, 1.54) is 36.9 Å². The van der Waals surface area contributed by atoms with Crippen molar-refractivity contribution in [3.05, 3.63) is 23.4 Å². The fraction of sp³-hybridized carbons (Fsp3) is 0.688. The van der Waals surface area contributed by atoms with Gasteiger partial charge in [0, 0.05) is 32.4 Å². The highest BCUT2D eigenvalue weighted by atomic mass is 15.2. The molecule has 0 bridgehead atoms. The molecule has 1 atom stereocenters. The lowest BCUT2D eigenvalue weighted by molar-refractivity contribution is 0.112. The smallest absolute Gasteiger partial charge is 0.130 e. The molecule has 1 aromatic rings. The lowest BCUT2D eigenvalue weighted by Gasteiger charge is -2.39. The van der Waals surface area contributed by atoms with Crippen LogP contribution in [0.2, 0.25) is 0 Å². The summed E-state index contributed by atoms with van der Waals surface area (Å²) in [6, 6.07) is 3.49. The van der Waals surface area contributed by atoms with Gasteiger partial charge in [0.2, 0.25) is 0 Å². The molecule has 0 unspecified atom stereocenters. The average Bonchev–Trinajstić information content (AvgIpc) is 2.38. The van der Waals surface area contributed by atoms with Gasteiger partial charge >= 0.3 is 0 Å². The number of piperidine rings is 1. The van der Waals surface area contributed by atoms with Crippen molar-refractivity contribution >= 4 is 5.82 Å². The van der Waals surface area contributed by atoms with Gasteiger partial charge in [0.15, 0.2) is 0 Å². The lowest BCUT2D eigenvalue weighted by Crippen LogP contribution is -2.38. The Balaban J connectivity index is 2.27. The van der Waals surface area contributed by atoms with Crippen LogP contribution in [0.15, 0.2) is 12.3 Å².